The Morgan fingerprint density at radius 2 is 2.26 bits per heavy atom. The number of aryl methyl sites for hydroxylation is 1. The van der Waals surface area contributed by atoms with Crippen molar-refractivity contribution in [2.24, 2.45) is 0 Å². The van der Waals surface area contributed by atoms with E-state index in [0.29, 0.717) is 17.5 Å². The molecule has 2 rings (SSSR count). The van der Waals surface area contributed by atoms with E-state index >= 15 is 0 Å². The fraction of sp³-hybridized carbons (Fsp3) is 0.467. The third-order valence-corrected chi connectivity index (χ3v) is 3.55. The van der Waals surface area contributed by atoms with Crippen LogP contribution in [0.4, 0.5) is 0 Å². The molecule has 0 N–H and O–H groups in total. The zero-order chi connectivity index (χ0) is 13.8. The second-order valence-corrected chi connectivity index (χ2v) is 5.17. The van der Waals surface area contributed by atoms with E-state index in [1.165, 1.54) is 0 Å². The highest BCUT2D eigenvalue weighted by Crippen LogP contribution is 2.25. The van der Waals surface area contributed by atoms with Gasteiger partial charge in [0.1, 0.15) is 5.82 Å². The van der Waals surface area contributed by atoms with Crippen LogP contribution in [0.1, 0.15) is 44.1 Å². The maximum Gasteiger partial charge on any atom is 0.111 e. The van der Waals surface area contributed by atoms with E-state index in [0.717, 1.165) is 36.1 Å². The van der Waals surface area contributed by atoms with Gasteiger partial charge in [0, 0.05) is 18.3 Å². The quantitative estimate of drug-likeness (QED) is 0.773. The Morgan fingerprint density at radius 3 is 2.89 bits per heavy atom. The molecule has 0 spiro atoms. The van der Waals surface area contributed by atoms with E-state index in [4.69, 9.17) is 16.9 Å². The number of alkyl halides is 1. The molecule has 0 saturated carbocycles. The number of hydrogen-bond donors (Lipinski definition) is 0. The van der Waals surface area contributed by atoms with Gasteiger partial charge in [-0.3, -0.25) is 0 Å². The maximum absolute atomic E-state index is 9.04. The summed E-state index contributed by atoms with van der Waals surface area (Å²) in [5, 5.41) is 9.04. The van der Waals surface area contributed by atoms with Gasteiger partial charge in [0.25, 0.3) is 0 Å². The van der Waals surface area contributed by atoms with E-state index in [1.807, 2.05) is 18.2 Å². The zero-order valence-electron chi connectivity index (χ0n) is 11.4. The van der Waals surface area contributed by atoms with Gasteiger partial charge in [-0.05, 0) is 31.5 Å². The molecular formula is C15H18ClN3. The van der Waals surface area contributed by atoms with Crippen LogP contribution in [-0.4, -0.2) is 15.4 Å². The lowest BCUT2D eigenvalue weighted by atomic mass is 10.1. The van der Waals surface area contributed by atoms with E-state index < -0.39 is 0 Å². The van der Waals surface area contributed by atoms with E-state index in [9.17, 15) is 0 Å². The van der Waals surface area contributed by atoms with Crippen LogP contribution < -0.4 is 0 Å². The van der Waals surface area contributed by atoms with Crippen molar-refractivity contribution in [3.63, 3.8) is 0 Å². The molecule has 0 fully saturated rings. The summed E-state index contributed by atoms with van der Waals surface area (Å²) in [5.41, 5.74) is 2.66. The molecule has 4 heteroatoms. The number of fused-ring (bicyclic) bond motifs is 1. The highest BCUT2D eigenvalue weighted by atomic mass is 35.5. The highest BCUT2D eigenvalue weighted by Gasteiger charge is 2.15. The predicted molar refractivity (Wildman–Crippen MR) is 78.5 cm³/mol. The van der Waals surface area contributed by atoms with Crippen LogP contribution in [0.3, 0.4) is 0 Å². The first-order chi connectivity index (χ1) is 9.21. The molecule has 1 heterocycles. The largest absolute Gasteiger partial charge is 0.325 e. The van der Waals surface area contributed by atoms with Gasteiger partial charge in [-0.25, -0.2) is 4.98 Å². The molecule has 0 radical (unpaired) electrons. The second-order valence-electron chi connectivity index (χ2n) is 4.79. The average molecular weight is 276 g/mol. The van der Waals surface area contributed by atoms with Crippen molar-refractivity contribution >= 4 is 22.6 Å². The molecule has 3 nitrogen and oxygen atoms in total. The first-order valence-corrected chi connectivity index (χ1v) is 7.21. The van der Waals surface area contributed by atoms with Crippen molar-refractivity contribution < 1.29 is 0 Å². The Bertz CT molecular complexity index is 610. The standard InChI is InChI=1S/C15H18ClN3/c1-3-4-11(2)19-14-9-12(10-17)5-6-13(14)18-15(19)7-8-16/h5-6,9,11H,3-4,7-8H2,1-2H3. The number of rotatable bonds is 5. The fourth-order valence-corrected chi connectivity index (χ4v) is 2.68. The van der Waals surface area contributed by atoms with Crippen molar-refractivity contribution in [2.45, 2.75) is 39.2 Å². The number of benzene rings is 1. The average Bonchev–Trinajstić information content (AvgIpc) is 2.76. The Balaban J connectivity index is 2.60. The molecule has 0 aliphatic heterocycles. The van der Waals surface area contributed by atoms with Crippen molar-refractivity contribution in [1.29, 1.82) is 5.26 Å². The number of nitriles is 1. The van der Waals surface area contributed by atoms with Crippen LogP contribution in [0.2, 0.25) is 0 Å². The third-order valence-electron chi connectivity index (χ3n) is 3.36. The van der Waals surface area contributed by atoms with Gasteiger partial charge in [0.15, 0.2) is 0 Å². The summed E-state index contributed by atoms with van der Waals surface area (Å²) in [5.74, 6) is 1.58. The molecule has 0 aliphatic carbocycles. The molecule has 0 amide bonds. The smallest absolute Gasteiger partial charge is 0.111 e. The van der Waals surface area contributed by atoms with Crippen molar-refractivity contribution in [3.8, 4) is 6.07 Å². The van der Waals surface area contributed by atoms with Crippen molar-refractivity contribution in [3.05, 3.63) is 29.6 Å². The van der Waals surface area contributed by atoms with Gasteiger partial charge in [0.2, 0.25) is 0 Å². The monoisotopic (exact) mass is 275 g/mol. The Kier molecular flexibility index (Phi) is 4.44. The second kappa shape index (κ2) is 6.08. The van der Waals surface area contributed by atoms with Crippen LogP contribution in [0.15, 0.2) is 18.2 Å². The summed E-state index contributed by atoms with van der Waals surface area (Å²) < 4.78 is 2.24. The van der Waals surface area contributed by atoms with Gasteiger partial charge < -0.3 is 4.57 Å². The van der Waals surface area contributed by atoms with Crippen LogP contribution >= 0.6 is 11.6 Å². The number of hydrogen-bond acceptors (Lipinski definition) is 2. The van der Waals surface area contributed by atoms with Gasteiger partial charge in [0.05, 0.1) is 22.7 Å². The van der Waals surface area contributed by atoms with Crippen LogP contribution in [-0.2, 0) is 6.42 Å². The van der Waals surface area contributed by atoms with E-state index in [-0.39, 0.29) is 0 Å². The van der Waals surface area contributed by atoms with Crippen molar-refractivity contribution in [2.75, 3.05) is 5.88 Å². The van der Waals surface area contributed by atoms with Crippen LogP contribution in [0, 0.1) is 11.3 Å². The molecule has 1 atom stereocenters. The molecule has 0 aliphatic rings. The summed E-state index contributed by atoms with van der Waals surface area (Å²) in [6, 6.07) is 8.22. The number of nitrogens with zero attached hydrogens (tertiary/aromatic N) is 3. The molecule has 1 unspecified atom stereocenters. The van der Waals surface area contributed by atoms with E-state index in [1.54, 1.807) is 0 Å². The summed E-state index contributed by atoms with van der Waals surface area (Å²) in [4.78, 5) is 4.65. The summed E-state index contributed by atoms with van der Waals surface area (Å²) in [6.45, 7) is 4.37. The lowest BCUT2D eigenvalue weighted by molar-refractivity contribution is 0.496. The highest BCUT2D eigenvalue weighted by molar-refractivity contribution is 6.17. The number of aromatic nitrogens is 2. The Morgan fingerprint density at radius 1 is 1.47 bits per heavy atom. The predicted octanol–water partition coefficient (Wildman–Crippen LogP) is 4.05. The number of halogens is 1. The lowest BCUT2D eigenvalue weighted by Crippen LogP contribution is -2.09. The molecule has 19 heavy (non-hydrogen) atoms. The molecule has 0 bridgehead atoms. The normalized spacial score (nSPS) is 12.5. The van der Waals surface area contributed by atoms with Crippen LogP contribution in [0.5, 0.6) is 0 Å². The zero-order valence-corrected chi connectivity index (χ0v) is 12.1. The Labute approximate surface area is 118 Å². The lowest BCUT2D eigenvalue weighted by Gasteiger charge is -2.16. The molecule has 100 valence electrons. The fourth-order valence-electron chi connectivity index (χ4n) is 2.51. The third kappa shape index (κ3) is 2.74. The first-order valence-electron chi connectivity index (χ1n) is 6.68. The minimum absolute atomic E-state index is 0.377. The summed E-state index contributed by atoms with van der Waals surface area (Å²) in [7, 11) is 0. The summed E-state index contributed by atoms with van der Waals surface area (Å²) in [6.07, 6.45) is 2.97. The van der Waals surface area contributed by atoms with Gasteiger partial charge in [-0.2, -0.15) is 5.26 Å². The van der Waals surface area contributed by atoms with E-state index in [2.05, 4.69) is 29.5 Å². The molecule has 1 aromatic carbocycles. The van der Waals surface area contributed by atoms with Crippen LogP contribution in [0.25, 0.3) is 11.0 Å². The minimum atomic E-state index is 0.377. The molecule has 0 saturated heterocycles. The van der Waals surface area contributed by atoms with Gasteiger partial charge >= 0.3 is 0 Å². The Hall–Kier alpha value is -1.53. The van der Waals surface area contributed by atoms with Gasteiger partial charge in [-0.1, -0.05) is 13.3 Å². The number of imidazole rings is 1. The first kappa shape index (κ1) is 13.9. The maximum atomic E-state index is 9.04. The topological polar surface area (TPSA) is 41.6 Å². The molecule has 1 aromatic heterocycles. The molecule has 2 aromatic rings. The van der Waals surface area contributed by atoms with Crippen molar-refractivity contribution in [1.82, 2.24) is 9.55 Å². The summed E-state index contributed by atoms with van der Waals surface area (Å²) >= 11 is 5.87. The molecular weight excluding hydrogens is 258 g/mol. The SMILES string of the molecule is CCCC(C)n1c(CCCl)nc2ccc(C#N)cc21. The minimum Gasteiger partial charge on any atom is -0.325 e. The van der Waals surface area contributed by atoms with Gasteiger partial charge in [-0.15, -0.1) is 11.6 Å².